The molecule has 2 aromatic rings. The van der Waals surface area contributed by atoms with E-state index in [0.29, 0.717) is 11.4 Å². The number of fused-ring (bicyclic) bond motifs is 1. The molecule has 0 spiro atoms. The molecule has 30 heavy (non-hydrogen) atoms. The Morgan fingerprint density at radius 3 is 2.50 bits per heavy atom. The van der Waals surface area contributed by atoms with E-state index < -0.39 is 5.66 Å². The molecule has 0 bridgehead atoms. The van der Waals surface area contributed by atoms with Crippen LogP contribution in [-0.2, 0) is 11.2 Å². The molecule has 0 aliphatic carbocycles. The van der Waals surface area contributed by atoms with Crippen LogP contribution in [0.3, 0.4) is 0 Å². The normalized spacial score (nSPS) is 19.8. The minimum absolute atomic E-state index is 0.221. The van der Waals surface area contributed by atoms with Crippen molar-refractivity contribution in [3.8, 4) is 5.75 Å². The molecule has 0 aromatic heterocycles. The van der Waals surface area contributed by atoms with Gasteiger partial charge in [-0.05, 0) is 60.5 Å². The molecule has 2 aliphatic heterocycles. The number of methoxy groups -OCH3 is 1. The summed E-state index contributed by atoms with van der Waals surface area (Å²) in [5.74, 6) is 0.614. The maximum Gasteiger partial charge on any atom is 0.281 e. The van der Waals surface area contributed by atoms with Crippen molar-refractivity contribution in [2.45, 2.75) is 19.0 Å². The summed E-state index contributed by atoms with van der Waals surface area (Å²) in [6.07, 6.45) is 5.59. The van der Waals surface area contributed by atoms with Crippen molar-refractivity contribution in [3.63, 3.8) is 0 Å². The largest absolute Gasteiger partial charge is 0.497 e. The number of carbonyl (C=O) groups excluding carboxylic acids is 2. The maximum absolute atomic E-state index is 13.4. The summed E-state index contributed by atoms with van der Waals surface area (Å²) in [7, 11) is 1.60. The van der Waals surface area contributed by atoms with Gasteiger partial charge in [-0.3, -0.25) is 14.5 Å². The molecule has 2 amide bonds. The van der Waals surface area contributed by atoms with Crippen LogP contribution in [0.25, 0.3) is 0 Å². The predicted octanol–water partition coefficient (Wildman–Crippen LogP) is 3.84. The van der Waals surface area contributed by atoms with E-state index in [1.54, 1.807) is 43.7 Å². The first kappa shape index (κ1) is 20.1. The lowest BCUT2D eigenvalue weighted by atomic mass is 9.98. The zero-order valence-electron chi connectivity index (χ0n) is 16.6. The average Bonchev–Trinajstić information content (AvgIpc) is 3.02. The SMILES string of the molecule is COc1ccc(C[C@]2(NC(=O)c3ccc(Br)cc3)N=C3C(C)=CC=CN3C2=O)cc1. The third kappa shape index (κ3) is 3.68. The highest BCUT2D eigenvalue weighted by atomic mass is 79.9. The number of nitrogens with zero attached hydrogens (tertiary/aromatic N) is 2. The third-order valence-corrected chi connectivity index (χ3v) is 5.61. The van der Waals surface area contributed by atoms with E-state index in [1.165, 1.54) is 4.90 Å². The highest BCUT2D eigenvalue weighted by Crippen LogP contribution is 2.30. The number of halogens is 1. The monoisotopic (exact) mass is 465 g/mol. The van der Waals surface area contributed by atoms with Crippen molar-refractivity contribution in [1.82, 2.24) is 10.2 Å². The van der Waals surface area contributed by atoms with Gasteiger partial charge in [0, 0.05) is 22.7 Å². The van der Waals surface area contributed by atoms with Crippen LogP contribution < -0.4 is 10.1 Å². The summed E-state index contributed by atoms with van der Waals surface area (Å²) < 4.78 is 6.08. The molecule has 0 saturated heterocycles. The fourth-order valence-electron chi connectivity index (χ4n) is 3.48. The van der Waals surface area contributed by atoms with Crippen molar-refractivity contribution < 1.29 is 14.3 Å². The molecule has 0 saturated carbocycles. The Hall–Kier alpha value is -3.19. The van der Waals surface area contributed by atoms with E-state index in [4.69, 9.17) is 9.73 Å². The zero-order chi connectivity index (χ0) is 21.3. The number of hydrogen-bond acceptors (Lipinski definition) is 4. The first-order chi connectivity index (χ1) is 14.4. The Morgan fingerprint density at radius 2 is 1.87 bits per heavy atom. The number of amides is 2. The molecule has 0 radical (unpaired) electrons. The van der Waals surface area contributed by atoms with Crippen molar-refractivity contribution in [2.24, 2.45) is 4.99 Å². The molecule has 0 fully saturated rings. The van der Waals surface area contributed by atoms with Crippen LogP contribution in [0.15, 0.2) is 81.9 Å². The van der Waals surface area contributed by atoms with Crippen LogP contribution in [0.5, 0.6) is 5.75 Å². The van der Waals surface area contributed by atoms with Crippen LogP contribution in [-0.4, -0.2) is 35.3 Å². The lowest BCUT2D eigenvalue weighted by Crippen LogP contribution is -2.55. The van der Waals surface area contributed by atoms with E-state index in [0.717, 1.165) is 21.4 Å². The van der Waals surface area contributed by atoms with Gasteiger partial charge in [0.2, 0.25) is 5.66 Å². The molecular formula is C23H20BrN3O3. The van der Waals surface area contributed by atoms with Crippen molar-refractivity contribution in [3.05, 3.63) is 88.1 Å². The molecule has 1 atom stereocenters. The average molecular weight is 466 g/mol. The standard InChI is InChI=1S/C23H20BrN3O3/c1-15-4-3-13-27-20(15)25-23(22(27)29,14-16-5-11-19(30-2)12-6-16)26-21(28)17-7-9-18(24)10-8-17/h3-13H,14H2,1-2H3,(H,26,28)/t23-/m1/s1. The van der Waals surface area contributed by atoms with Gasteiger partial charge in [-0.1, -0.05) is 34.1 Å². The van der Waals surface area contributed by atoms with Gasteiger partial charge in [0.25, 0.3) is 11.8 Å². The smallest absolute Gasteiger partial charge is 0.281 e. The molecule has 1 N–H and O–H groups in total. The summed E-state index contributed by atoms with van der Waals surface area (Å²) in [6.45, 7) is 1.89. The van der Waals surface area contributed by atoms with Crippen LogP contribution in [0, 0.1) is 0 Å². The number of carbonyl (C=O) groups is 2. The molecule has 4 rings (SSSR count). The number of benzene rings is 2. The summed E-state index contributed by atoms with van der Waals surface area (Å²) in [5, 5.41) is 2.91. The molecule has 7 heteroatoms. The second-order valence-corrected chi connectivity index (χ2v) is 8.06. The van der Waals surface area contributed by atoms with Crippen molar-refractivity contribution in [2.75, 3.05) is 7.11 Å². The number of ether oxygens (including phenoxy) is 1. The van der Waals surface area contributed by atoms with Gasteiger partial charge in [-0.15, -0.1) is 0 Å². The highest BCUT2D eigenvalue weighted by Gasteiger charge is 2.49. The van der Waals surface area contributed by atoms with Gasteiger partial charge in [-0.25, -0.2) is 4.99 Å². The zero-order valence-corrected chi connectivity index (χ0v) is 18.1. The van der Waals surface area contributed by atoms with Gasteiger partial charge in [0.1, 0.15) is 11.6 Å². The second kappa shape index (κ2) is 7.91. The fourth-order valence-corrected chi connectivity index (χ4v) is 3.75. The van der Waals surface area contributed by atoms with Gasteiger partial charge in [0.15, 0.2) is 0 Å². The van der Waals surface area contributed by atoms with E-state index in [1.807, 2.05) is 37.3 Å². The molecule has 2 heterocycles. The van der Waals surface area contributed by atoms with Crippen molar-refractivity contribution in [1.29, 1.82) is 0 Å². The number of hydrogen-bond donors (Lipinski definition) is 1. The predicted molar refractivity (Wildman–Crippen MR) is 118 cm³/mol. The van der Waals surface area contributed by atoms with E-state index in [9.17, 15) is 9.59 Å². The quantitative estimate of drug-likeness (QED) is 0.728. The van der Waals surface area contributed by atoms with E-state index in [2.05, 4.69) is 21.2 Å². The number of nitrogens with one attached hydrogen (secondary N) is 1. The lowest BCUT2D eigenvalue weighted by Gasteiger charge is -2.27. The summed E-state index contributed by atoms with van der Waals surface area (Å²) in [4.78, 5) is 32.7. The Morgan fingerprint density at radius 1 is 1.17 bits per heavy atom. The van der Waals surface area contributed by atoms with E-state index in [-0.39, 0.29) is 18.2 Å². The van der Waals surface area contributed by atoms with Gasteiger partial charge in [-0.2, -0.15) is 0 Å². The van der Waals surface area contributed by atoms with Gasteiger partial charge in [0.05, 0.1) is 7.11 Å². The third-order valence-electron chi connectivity index (χ3n) is 5.08. The summed E-state index contributed by atoms with van der Waals surface area (Å²) >= 11 is 3.37. The van der Waals surface area contributed by atoms with Crippen LogP contribution >= 0.6 is 15.9 Å². The van der Waals surface area contributed by atoms with Crippen molar-refractivity contribution >= 4 is 33.6 Å². The Bertz CT molecular complexity index is 1090. The van der Waals surface area contributed by atoms with Gasteiger partial charge >= 0.3 is 0 Å². The van der Waals surface area contributed by atoms with Crippen LogP contribution in [0.4, 0.5) is 0 Å². The lowest BCUT2D eigenvalue weighted by molar-refractivity contribution is -0.130. The Kier molecular flexibility index (Phi) is 5.30. The van der Waals surface area contributed by atoms with E-state index >= 15 is 0 Å². The summed E-state index contributed by atoms with van der Waals surface area (Å²) in [6, 6.07) is 14.4. The first-order valence-corrected chi connectivity index (χ1v) is 10.2. The fraction of sp³-hybridized carbons (Fsp3) is 0.174. The number of rotatable bonds is 5. The number of amidine groups is 1. The minimum Gasteiger partial charge on any atom is -0.497 e. The molecule has 2 aliphatic rings. The molecule has 152 valence electrons. The Balaban J connectivity index is 1.72. The Labute approximate surface area is 183 Å². The first-order valence-electron chi connectivity index (χ1n) is 9.42. The molecule has 2 aromatic carbocycles. The second-order valence-electron chi connectivity index (χ2n) is 7.15. The molecular weight excluding hydrogens is 446 g/mol. The highest BCUT2D eigenvalue weighted by molar-refractivity contribution is 9.10. The topological polar surface area (TPSA) is 71.0 Å². The minimum atomic E-state index is -1.43. The van der Waals surface area contributed by atoms with Gasteiger partial charge < -0.3 is 10.1 Å². The molecule has 6 nitrogen and oxygen atoms in total. The number of allylic oxidation sites excluding steroid dienone is 2. The molecule has 0 unspecified atom stereocenters. The summed E-state index contributed by atoms with van der Waals surface area (Å²) in [5.41, 5.74) is 0.737. The van der Waals surface area contributed by atoms with Crippen LogP contribution in [0.1, 0.15) is 22.8 Å². The van der Waals surface area contributed by atoms with Crippen LogP contribution in [0.2, 0.25) is 0 Å². The number of aliphatic imine (C=N–C) groups is 1. The maximum atomic E-state index is 13.4.